The Balaban J connectivity index is 1.80. The van der Waals surface area contributed by atoms with E-state index < -0.39 is 11.1 Å². The molecule has 3 aromatic rings. The number of pyridine rings is 1. The fourth-order valence-electron chi connectivity index (χ4n) is 2.21. The number of ether oxygens (including phenoxy) is 1. The lowest BCUT2D eigenvalue weighted by atomic mass is 10.1. The molecule has 0 saturated heterocycles. The first-order valence-electron chi connectivity index (χ1n) is 7.50. The van der Waals surface area contributed by atoms with Gasteiger partial charge in [-0.1, -0.05) is 18.2 Å². The van der Waals surface area contributed by atoms with E-state index in [2.05, 4.69) is 10.3 Å². The van der Waals surface area contributed by atoms with Crippen molar-refractivity contribution in [1.29, 1.82) is 0 Å². The molecule has 0 aliphatic carbocycles. The average molecular weight is 378 g/mol. The normalized spacial score (nSPS) is 11.2. The molecular formula is C18H13F3N2O2S. The third kappa shape index (κ3) is 4.02. The van der Waals surface area contributed by atoms with Crippen LogP contribution in [0.4, 0.5) is 13.2 Å². The van der Waals surface area contributed by atoms with Crippen LogP contribution in [0.5, 0.6) is 11.6 Å². The molecule has 0 aliphatic heterocycles. The van der Waals surface area contributed by atoms with E-state index in [1.165, 1.54) is 5.38 Å². The zero-order valence-corrected chi connectivity index (χ0v) is 14.3. The summed E-state index contributed by atoms with van der Waals surface area (Å²) in [6.45, 7) is 0. The van der Waals surface area contributed by atoms with Crippen LogP contribution in [0.25, 0.3) is 11.3 Å². The summed E-state index contributed by atoms with van der Waals surface area (Å²) in [5.74, 6) is 0.0749. The Bertz CT molecular complexity index is 921. The standard InChI is InChI=1S/C18H13F3N2O2S/c1-22-17(24)12-7-5-11(6-8-12)14-3-2-4-16(23-14)25-13-9-15(26-10-13)18(19,20)21/h2-10H,1H3,(H,22,24). The highest BCUT2D eigenvalue weighted by Gasteiger charge is 2.32. The fourth-order valence-corrected chi connectivity index (χ4v) is 2.89. The van der Waals surface area contributed by atoms with Crippen LogP contribution in [0.15, 0.2) is 53.9 Å². The molecular weight excluding hydrogens is 365 g/mol. The lowest BCUT2D eigenvalue weighted by molar-refractivity contribution is -0.134. The molecule has 2 aromatic heterocycles. The van der Waals surface area contributed by atoms with E-state index in [1.54, 1.807) is 49.5 Å². The van der Waals surface area contributed by atoms with Crippen LogP contribution < -0.4 is 10.1 Å². The van der Waals surface area contributed by atoms with Gasteiger partial charge in [0.15, 0.2) is 0 Å². The van der Waals surface area contributed by atoms with Crippen LogP contribution in [0.1, 0.15) is 15.2 Å². The number of alkyl halides is 3. The van der Waals surface area contributed by atoms with Crippen molar-refractivity contribution in [1.82, 2.24) is 10.3 Å². The number of hydrogen-bond donors (Lipinski definition) is 1. The molecule has 0 radical (unpaired) electrons. The number of carbonyl (C=O) groups is 1. The summed E-state index contributed by atoms with van der Waals surface area (Å²) in [5, 5.41) is 3.82. The molecule has 0 bridgehead atoms. The number of benzene rings is 1. The average Bonchev–Trinajstić information content (AvgIpc) is 3.10. The van der Waals surface area contributed by atoms with Crippen molar-refractivity contribution in [2.75, 3.05) is 7.05 Å². The first kappa shape index (κ1) is 17.9. The molecule has 1 aromatic carbocycles. The summed E-state index contributed by atoms with van der Waals surface area (Å²) in [6, 6.07) is 12.8. The largest absolute Gasteiger partial charge is 0.438 e. The van der Waals surface area contributed by atoms with E-state index in [1.807, 2.05) is 0 Å². The van der Waals surface area contributed by atoms with E-state index in [4.69, 9.17) is 4.74 Å². The van der Waals surface area contributed by atoms with Crippen LogP contribution in [0.3, 0.4) is 0 Å². The number of carbonyl (C=O) groups excluding carboxylic acids is 1. The Hall–Kier alpha value is -2.87. The van der Waals surface area contributed by atoms with Crippen molar-refractivity contribution in [3.8, 4) is 22.9 Å². The Kier molecular flexibility index (Phi) is 4.94. The van der Waals surface area contributed by atoms with Gasteiger partial charge in [0, 0.05) is 35.7 Å². The predicted octanol–water partition coefficient (Wildman–Crippen LogP) is 4.98. The van der Waals surface area contributed by atoms with E-state index in [-0.39, 0.29) is 17.5 Å². The van der Waals surface area contributed by atoms with Gasteiger partial charge in [-0.2, -0.15) is 13.2 Å². The highest BCUT2D eigenvalue weighted by Crippen LogP contribution is 2.37. The molecule has 0 atom stereocenters. The molecule has 0 aliphatic rings. The first-order valence-corrected chi connectivity index (χ1v) is 8.38. The Morgan fingerprint density at radius 1 is 1.15 bits per heavy atom. The lowest BCUT2D eigenvalue weighted by Gasteiger charge is -2.06. The van der Waals surface area contributed by atoms with Crippen LogP contribution in [-0.2, 0) is 6.18 Å². The smallest absolute Gasteiger partial charge is 0.425 e. The van der Waals surface area contributed by atoms with Gasteiger partial charge in [-0.15, -0.1) is 11.3 Å². The molecule has 134 valence electrons. The minimum Gasteiger partial charge on any atom is -0.438 e. The highest BCUT2D eigenvalue weighted by molar-refractivity contribution is 7.10. The molecule has 1 N–H and O–H groups in total. The van der Waals surface area contributed by atoms with Gasteiger partial charge in [0.2, 0.25) is 5.88 Å². The Morgan fingerprint density at radius 3 is 2.50 bits per heavy atom. The third-order valence-corrected chi connectivity index (χ3v) is 4.42. The molecule has 0 saturated carbocycles. The van der Waals surface area contributed by atoms with Gasteiger partial charge in [0.25, 0.3) is 5.91 Å². The predicted molar refractivity (Wildman–Crippen MR) is 92.5 cm³/mol. The van der Waals surface area contributed by atoms with Crippen molar-refractivity contribution in [3.63, 3.8) is 0 Å². The number of aromatic nitrogens is 1. The van der Waals surface area contributed by atoms with Crippen molar-refractivity contribution in [2.45, 2.75) is 6.18 Å². The van der Waals surface area contributed by atoms with Gasteiger partial charge in [-0.25, -0.2) is 4.98 Å². The summed E-state index contributed by atoms with van der Waals surface area (Å²) in [6.07, 6.45) is -4.39. The van der Waals surface area contributed by atoms with Gasteiger partial charge in [0.1, 0.15) is 10.6 Å². The quantitative estimate of drug-likeness (QED) is 0.697. The number of nitrogens with zero attached hydrogens (tertiary/aromatic N) is 1. The molecule has 4 nitrogen and oxygen atoms in total. The monoisotopic (exact) mass is 378 g/mol. The molecule has 0 fully saturated rings. The first-order chi connectivity index (χ1) is 12.4. The van der Waals surface area contributed by atoms with Crippen LogP contribution in [0.2, 0.25) is 0 Å². The second-order valence-corrected chi connectivity index (χ2v) is 6.18. The van der Waals surface area contributed by atoms with E-state index in [0.717, 1.165) is 11.6 Å². The van der Waals surface area contributed by atoms with Gasteiger partial charge >= 0.3 is 6.18 Å². The maximum atomic E-state index is 12.7. The minimum absolute atomic E-state index is 0.0851. The molecule has 3 rings (SSSR count). The number of thiophene rings is 1. The van der Waals surface area contributed by atoms with Crippen molar-refractivity contribution < 1.29 is 22.7 Å². The molecule has 0 unspecified atom stereocenters. The minimum atomic E-state index is -4.39. The second-order valence-electron chi connectivity index (χ2n) is 5.26. The maximum Gasteiger partial charge on any atom is 0.425 e. The SMILES string of the molecule is CNC(=O)c1ccc(-c2cccc(Oc3csc(C(F)(F)F)c3)n2)cc1. The van der Waals surface area contributed by atoms with Crippen molar-refractivity contribution in [2.24, 2.45) is 0 Å². The van der Waals surface area contributed by atoms with Crippen molar-refractivity contribution in [3.05, 3.63) is 64.4 Å². The Morgan fingerprint density at radius 2 is 1.88 bits per heavy atom. The third-order valence-electron chi connectivity index (χ3n) is 3.47. The van der Waals surface area contributed by atoms with Crippen molar-refractivity contribution >= 4 is 17.2 Å². The summed E-state index contributed by atoms with van der Waals surface area (Å²) in [5.41, 5.74) is 1.85. The number of halogens is 3. The van der Waals surface area contributed by atoms with Gasteiger partial charge in [0.05, 0.1) is 5.69 Å². The molecule has 2 heterocycles. The number of rotatable bonds is 4. The van der Waals surface area contributed by atoms with Gasteiger partial charge < -0.3 is 10.1 Å². The highest BCUT2D eigenvalue weighted by atomic mass is 32.1. The van der Waals surface area contributed by atoms with Crippen LogP contribution in [0, 0.1) is 0 Å². The van der Waals surface area contributed by atoms with E-state index in [9.17, 15) is 18.0 Å². The molecule has 1 amide bonds. The summed E-state index contributed by atoms with van der Waals surface area (Å²) in [7, 11) is 1.55. The molecule has 26 heavy (non-hydrogen) atoms. The number of nitrogens with one attached hydrogen (secondary N) is 1. The van der Waals surface area contributed by atoms with Crippen LogP contribution >= 0.6 is 11.3 Å². The zero-order valence-electron chi connectivity index (χ0n) is 13.5. The lowest BCUT2D eigenvalue weighted by Crippen LogP contribution is -2.17. The van der Waals surface area contributed by atoms with Gasteiger partial charge in [-0.3, -0.25) is 4.79 Å². The zero-order chi connectivity index (χ0) is 18.7. The van der Waals surface area contributed by atoms with Crippen LogP contribution in [-0.4, -0.2) is 17.9 Å². The van der Waals surface area contributed by atoms with E-state index >= 15 is 0 Å². The van der Waals surface area contributed by atoms with Gasteiger partial charge in [-0.05, 0) is 18.2 Å². The maximum absolute atomic E-state index is 12.7. The number of hydrogen-bond acceptors (Lipinski definition) is 4. The topological polar surface area (TPSA) is 51.2 Å². The molecule has 0 spiro atoms. The summed E-state index contributed by atoms with van der Waals surface area (Å²) in [4.78, 5) is 15.1. The fraction of sp³-hybridized carbons (Fsp3) is 0.111. The Labute approximate surface area is 151 Å². The van der Waals surface area contributed by atoms with E-state index in [0.29, 0.717) is 22.6 Å². The second kappa shape index (κ2) is 7.17. The summed E-state index contributed by atoms with van der Waals surface area (Å²) >= 11 is 0.567. The summed E-state index contributed by atoms with van der Waals surface area (Å²) < 4.78 is 43.4. The number of amides is 1. The molecule has 8 heteroatoms.